The Balaban J connectivity index is 1.41. The summed E-state index contributed by atoms with van der Waals surface area (Å²) in [6.45, 7) is 6.67. The van der Waals surface area contributed by atoms with Gasteiger partial charge in [-0.05, 0) is 89.1 Å². The van der Waals surface area contributed by atoms with Crippen molar-refractivity contribution < 1.29 is 33.8 Å². The monoisotopic (exact) mass is 764 g/mol. The predicted octanol–water partition coefficient (Wildman–Crippen LogP) is 6.57. The number of ether oxygens (including phenoxy) is 2. The van der Waals surface area contributed by atoms with Crippen LogP contribution in [0, 0.1) is 5.92 Å². The van der Waals surface area contributed by atoms with Crippen LogP contribution in [0.4, 0.5) is 21.9 Å². The highest BCUT2D eigenvalue weighted by atomic mass is 16.5. The van der Waals surface area contributed by atoms with Gasteiger partial charge in [-0.1, -0.05) is 44.7 Å². The second-order valence-corrected chi connectivity index (χ2v) is 15.4. The number of likely N-dealkylation sites (N-methyl/N-ethyl adjacent to an activating group) is 1. The zero-order chi connectivity index (χ0) is 39.7. The molecule has 0 saturated heterocycles. The third kappa shape index (κ3) is 14.0. The van der Waals surface area contributed by atoms with Crippen molar-refractivity contribution in [3.8, 4) is 5.75 Å². The number of fused-ring (bicyclic) bond motifs is 1. The van der Waals surface area contributed by atoms with E-state index in [1.165, 1.54) is 6.42 Å². The summed E-state index contributed by atoms with van der Waals surface area (Å²) in [5, 5.41) is 19.2. The number of urea groups is 1. The number of aliphatic hydroxyl groups is 1. The molecule has 0 bridgehead atoms. The van der Waals surface area contributed by atoms with Crippen LogP contribution < -0.4 is 26.4 Å². The van der Waals surface area contributed by atoms with Gasteiger partial charge in [0.25, 0.3) is 5.91 Å². The number of carbonyl (C=O) groups excluding carboxylic acids is 4. The van der Waals surface area contributed by atoms with Crippen molar-refractivity contribution in [1.29, 1.82) is 0 Å². The lowest BCUT2D eigenvalue weighted by molar-refractivity contribution is -0.116. The average Bonchev–Trinajstić information content (AvgIpc) is 3.17. The van der Waals surface area contributed by atoms with Crippen molar-refractivity contribution >= 4 is 40.8 Å². The Hall–Kier alpha value is -4.36. The number of para-hydroxylation sites is 2. The topological polar surface area (TPSA) is 176 Å². The molecule has 13 heteroatoms. The number of nitrogens with zero attached hydrogens (tertiary/aromatic N) is 2. The maximum absolute atomic E-state index is 14.5. The summed E-state index contributed by atoms with van der Waals surface area (Å²) in [4.78, 5) is 56.3. The number of carbonyl (C=O) groups is 4. The number of amides is 5. The summed E-state index contributed by atoms with van der Waals surface area (Å²) < 4.78 is 12.8. The number of anilines is 3. The molecule has 6 N–H and O–H groups in total. The average molecular weight is 765 g/mol. The van der Waals surface area contributed by atoms with E-state index < -0.39 is 6.04 Å². The molecule has 4 atom stereocenters. The number of nitrogens with two attached hydrogens (primary N) is 1. The molecule has 55 heavy (non-hydrogen) atoms. The van der Waals surface area contributed by atoms with Gasteiger partial charge in [0.15, 0.2) is 0 Å². The molecule has 0 spiro atoms. The lowest BCUT2D eigenvalue weighted by atomic mass is 9.96. The zero-order valence-electron chi connectivity index (χ0n) is 33.3. The van der Waals surface area contributed by atoms with E-state index in [2.05, 4.69) is 16.0 Å². The fourth-order valence-electron chi connectivity index (χ4n) is 7.14. The molecule has 4 rings (SSSR count). The van der Waals surface area contributed by atoms with Gasteiger partial charge in [0, 0.05) is 57.2 Å². The largest absolute Gasteiger partial charge is 0.490 e. The minimum absolute atomic E-state index is 0.120. The Morgan fingerprint density at radius 3 is 2.35 bits per heavy atom. The Morgan fingerprint density at radius 1 is 0.945 bits per heavy atom. The van der Waals surface area contributed by atoms with Crippen LogP contribution in [0.25, 0.3) is 0 Å². The fraction of sp³-hybridized carbons (Fsp3) is 0.619. The minimum Gasteiger partial charge on any atom is -0.490 e. The lowest BCUT2D eigenvalue weighted by Crippen LogP contribution is -2.50. The Kier molecular flexibility index (Phi) is 17.6. The highest BCUT2D eigenvalue weighted by Gasteiger charge is 2.31. The highest BCUT2D eigenvalue weighted by molar-refractivity contribution is 6.00. The van der Waals surface area contributed by atoms with Crippen molar-refractivity contribution in [3.05, 3.63) is 48.0 Å². The first-order chi connectivity index (χ1) is 26.4. The van der Waals surface area contributed by atoms with Crippen LogP contribution in [-0.2, 0) is 14.3 Å². The number of nitrogen functional groups attached to an aromatic ring is 1. The molecule has 2 aliphatic rings. The normalized spacial score (nSPS) is 20.6. The van der Waals surface area contributed by atoms with Crippen molar-refractivity contribution in [2.75, 3.05) is 49.7 Å². The maximum Gasteiger partial charge on any atom is 0.317 e. The quantitative estimate of drug-likeness (QED) is 0.113. The molecule has 1 heterocycles. The van der Waals surface area contributed by atoms with E-state index >= 15 is 0 Å². The van der Waals surface area contributed by atoms with Gasteiger partial charge in [0.05, 0.1) is 41.8 Å². The Bertz CT molecular complexity index is 1550. The van der Waals surface area contributed by atoms with Crippen LogP contribution in [0.15, 0.2) is 42.5 Å². The van der Waals surface area contributed by atoms with Gasteiger partial charge < -0.3 is 46.1 Å². The van der Waals surface area contributed by atoms with Crippen molar-refractivity contribution in [2.24, 2.45) is 5.92 Å². The van der Waals surface area contributed by atoms with Crippen LogP contribution in [0.2, 0.25) is 0 Å². The zero-order valence-corrected chi connectivity index (χ0v) is 33.3. The number of unbranched alkanes of at least 4 members (excludes halogenated alkanes) is 2. The van der Waals surface area contributed by atoms with E-state index in [0.29, 0.717) is 67.2 Å². The SMILES string of the molecule is C[C@@H]1CCCCO[C@@H](CN(C)C(=O)NC2CCCCC2)[C@@H](C)CN([C@H](C)CO)C(=O)c2cc(NC(=O)CCCCCC(=O)Nc3ccccc3N)ccc2O1. The third-order valence-corrected chi connectivity index (χ3v) is 10.6. The highest BCUT2D eigenvalue weighted by Crippen LogP contribution is 2.29. The predicted molar refractivity (Wildman–Crippen MR) is 216 cm³/mol. The van der Waals surface area contributed by atoms with Crippen molar-refractivity contribution in [1.82, 2.24) is 15.1 Å². The van der Waals surface area contributed by atoms with E-state index in [1.807, 2.05) is 26.0 Å². The smallest absolute Gasteiger partial charge is 0.317 e. The van der Waals surface area contributed by atoms with E-state index in [9.17, 15) is 24.3 Å². The van der Waals surface area contributed by atoms with Gasteiger partial charge in [-0.3, -0.25) is 14.4 Å². The maximum atomic E-state index is 14.5. The molecule has 2 aromatic rings. The molecule has 1 aliphatic carbocycles. The number of benzene rings is 2. The summed E-state index contributed by atoms with van der Waals surface area (Å²) in [5.41, 5.74) is 7.76. The first-order valence-electron chi connectivity index (χ1n) is 20.2. The summed E-state index contributed by atoms with van der Waals surface area (Å²) in [6, 6.07) is 11.8. The molecule has 0 aromatic heterocycles. The molecular formula is C42H64N6O7. The second-order valence-electron chi connectivity index (χ2n) is 15.4. The van der Waals surface area contributed by atoms with Crippen molar-refractivity contribution in [3.63, 3.8) is 0 Å². The van der Waals surface area contributed by atoms with E-state index in [-0.39, 0.29) is 67.5 Å². The molecule has 304 valence electrons. The van der Waals surface area contributed by atoms with Gasteiger partial charge in [-0.15, -0.1) is 0 Å². The number of aliphatic hydroxyl groups excluding tert-OH is 1. The van der Waals surface area contributed by atoms with E-state index in [4.69, 9.17) is 15.2 Å². The number of hydrogen-bond donors (Lipinski definition) is 5. The number of nitrogens with one attached hydrogen (secondary N) is 3. The second kappa shape index (κ2) is 22.3. The summed E-state index contributed by atoms with van der Waals surface area (Å²) >= 11 is 0. The van der Waals surface area contributed by atoms with Crippen LogP contribution in [0.1, 0.15) is 115 Å². The first-order valence-corrected chi connectivity index (χ1v) is 20.2. The molecule has 1 fully saturated rings. The van der Waals surface area contributed by atoms with Crippen molar-refractivity contribution in [2.45, 2.75) is 129 Å². The molecule has 2 aromatic carbocycles. The molecule has 13 nitrogen and oxygen atoms in total. The van der Waals surface area contributed by atoms with E-state index in [1.54, 1.807) is 54.1 Å². The Morgan fingerprint density at radius 2 is 1.64 bits per heavy atom. The van der Waals surface area contributed by atoms with Gasteiger partial charge in [0.1, 0.15) is 5.75 Å². The van der Waals surface area contributed by atoms with Gasteiger partial charge in [0.2, 0.25) is 11.8 Å². The van der Waals surface area contributed by atoms with Gasteiger partial charge in [-0.25, -0.2) is 4.79 Å². The van der Waals surface area contributed by atoms with E-state index in [0.717, 1.165) is 44.9 Å². The molecule has 0 radical (unpaired) electrons. The molecule has 1 aliphatic heterocycles. The first kappa shape index (κ1) is 43.4. The minimum atomic E-state index is -0.522. The number of rotatable bonds is 13. The van der Waals surface area contributed by atoms with Gasteiger partial charge >= 0.3 is 6.03 Å². The van der Waals surface area contributed by atoms with Crippen LogP contribution in [0.3, 0.4) is 0 Å². The lowest BCUT2D eigenvalue weighted by Gasteiger charge is -2.36. The third-order valence-electron chi connectivity index (χ3n) is 10.6. The number of hydrogen-bond acceptors (Lipinski definition) is 8. The Labute approximate surface area is 327 Å². The molecular weight excluding hydrogens is 700 g/mol. The molecule has 1 saturated carbocycles. The van der Waals surface area contributed by atoms with Crippen LogP contribution >= 0.6 is 0 Å². The fourth-order valence-corrected chi connectivity index (χ4v) is 7.14. The molecule has 0 unspecified atom stereocenters. The standard InChI is InChI=1S/C42H64N6O7/c1-29-26-48(30(2)28-49)41(52)34-25-33(44-39(50)20-9-6-10-21-40(51)46-36-19-12-11-18-35(36)43)22-23-37(34)55-31(3)15-13-14-24-54-38(29)27-47(4)42(53)45-32-16-7-5-8-17-32/h11-12,18-19,22-23,25,29-32,38,49H,5-10,13-17,20-21,24,26-28,43H2,1-4H3,(H,44,50)(H,45,53)(H,46,51)/t29-,30+,31+,38-/m0/s1. The van der Waals surface area contributed by atoms with Gasteiger partial charge in [-0.2, -0.15) is 0 Å². The summed E-state index contributed by atoms with van der Waals surface area (Å²) in [6.07, 6.45) is 9.83. The van der Waals surface area contributed by atoms with Crippen LogP contribution in [0.5, 0.6) is 5.75 Å². The summed E-state index contributed by atoms with van der Waals surface area (Å²) in [5.74, 6) is -0.423. The molecule has 5 amide bonds. The van der Waals surface area contributed by atoms with Crippen LogP contribution in [-0.4, -0.2) is 96.3 Å². The summed E-state index contributed by atoms with van der Waals surface area (Å²) in [7, 11) is 1.78.